The van der Waals surface area contributed by atoms with Crippen LogP contribution >= 0.6 is 11.6 Å². The van der Waals surface area contributed by atoms with Gasteiger partial charge in [0.2, 0.25) is 0 Å². The highest BCUT2D eigenvalue weighted by atomic mass is 35.5. The minimum absolute atomic E-state index is 0.0521. The average molecular weight is 163 g/mol. The molecule has 1 aliphatic heterocycles. The Labute approximate surface area is 65.5 Å². The van der Waals surface area contributed by atoms with E-state index in [9.17, 15) is 0 Å². The standard InChI is InChI=1S/C5H11BClNO2/c7-5-3-4(6(9)10)1-2-8-5/h4-5,8-10H,1-3H2. The predicted octanol–water partition coefficient (Wildman–Crippen LogP) is -0.222. The third-order valence-corrected chi connectivity index (χ3v) is 2.14. The monoisotopic (exact) mass is 163 g/mol. The second-order valence-corrected chi connectivity index (χ2v) is 3.15. The number of halogens is 1. The highest BCUT2D eigenvalue weighted by molar-refractivity contribution is 6.43. The maximum Gasteiger partial charge on any atom is 0.454 e. The number of rotatable bonds is 1. The molecular weight excluding hydrogens is 152 g/mol. The average Bonchev–Trinajstić information content (AvgIpc) is 1.88. The Bertz CT molecular complexity index is 114. The van der Waals surface area contributed by atoms with Gasteiger partial charge in [-0.2, -0.15) is 0 Å². The maximum atomic E-state index is 8.76. The van der Waals surface area contributed by atoms with Crippen LogP contribution in [0.25, 0.3) is 0 Å². The fraction of sp³-hybridized carbons (Fsp3) is 1.00. The van der Waals surface area contributed by atoms with Gasteiger partial charge < -0.3 is 15.4 Å². The van der Waals surface area contributed by atoms with Crippen LogP contribution in [0.15, 0.2) is 0 Å². The summed E-state index contributed by atoms with van der Waals surface area (Å²) in [4.78, 5) is 0. The summed E-state index contributed by atoms with van der Waals surface area (Å²) in [6, 6.07) is 0. The van der Waals surface area contributed by atoms with Crippen molar-refractivity contribution in [2.24, 2.45) is 0 Å². The molecule has 5 heteroatoms. The second kappa shape index (κ2) is 3.58. The van der Waals surface area contributed by atoms with Crippen molar-refractivity contribution in [2.45, 2.75) is 24.2 Å². The first kappa shape index (κ1) is 8.33. The van der Waals surface area contributed by atoms with Crippen LogP contribution in [0, 0.1) is 0 Å². The molecule has 58 valence electrons. The summed E-state index contributed by atoms with van der Waals surface area (Å²) in [5, 5.41) is 20.5. The van der Waals surface area contributed by atoms with E-state index >= 15 is 0 Å². The molecule has 3 N–H and O–H groups in total. The second-order valence-electron chi connectivity index (χ2n) is 2.62. The zero-order valence-corrected chi connectivity index (χ0v) is 6.38. The van der Waals surface area contributed by atoms with Gasteiger partial charge in [-0.25, -0.2) is 0 Å². The van der Waals surface area contributed by atoms with Crippen LogP contribution < -0.4 is 5.32 Å². The van der Waals surface area contributed by atoms with Gasteiger partial charge in [0.25, 0.3) is 0 Å². The fourth-order valence-electron chi connectivity index (χ4n) is 1.16. The molecule has 0 aromatic rings. The van der Waals surface area contributed by atoms with Crippen LogP contribution in [0.5, 0.6) is 0 Å². The summed E-state index contributed by atoms with van der Waals surface area (Å²) in [7, 11) is -1.21. The van der Waals surface area contributed by atoms with Crippen molar-refractivity contribution in [3.05, 3.63) is 0 Å². The van der Waals surface area contributed by atoms with Crippen LogP contribution in [0.1, 0.15) is 12.8 Å². The molecule has 10 heavy (non-hydrogen) atoms. The van der Waals surface area contributed by atoms with Gasteiger partial charge in [0.05, 0.1) is 5.50 Å². The van der Waals surface area contributed by atoms with E-state index < -0.39 is 7.12 Å². The Morgan fingerprint density at radius 2 is 2.20 bits per heavy atom. The van der Waals surface area contributed by atoms with Gasteiger partial charge in [-0.15, -0.1) is 11.6 Å². The largest absolute Gasteiger partial charge is 0.454 e. The third-order valence-electron chi connectivity index (χ3n) is 1.81. The molecule has 1 rings (SSSR count). The van der Waals surface area contributed by atoms with E-state index in [4.69, 9.17) is 21.6 Å². The lowest BCUT2D eigenvalue weighted by molar-refractivity contribution is 0.349. The Hall–Kier alpha value is 0.235. The minimum atomic E-state index is -1.21. The smallest absolute Gasteiger partial charge is 0.427 e. The number of hydrogen-bond donors (Lipinski definition) is 3. The van der Waals surface area contributed by atoms with Gasteiger partial charge in [-0.05, 0) is 25.2 Å². The lowest BCUT2D eigenvalue weighted by Crippen LogP contribution is -2.37. The first-order valence-corrected chi connectivity index (χ1v) is 3.87. The summed E-state index contributed by atoms with van der Waals surface area (Å²) in [5.74, 6) is -0.0521. The van der Waals surface area contributed by atoms with Crippen LogP contribution in [-0.4, -0.2) is 29.2 Å². The molecule has 0 bridgehead atoms. The Kier molecular flexibility index (Phi) is 2.98. The lowest BCUT2D eigenvalue weighted by atomic mass is 9.68. The van der Waals surface area contributed by atoms with Crippen LogP contribution in [0.3, 0.4) is 0 Å². The van der Waals surface area contributed by atoms with Crippen molar-refractivity contribution in [3.8, 4) is 0 Å². The Balaban J connectivity index is 2.32. The quantitative estimate of drug-likeness (QED) is 0.285. The summed E-state index contributed by atoms with van der Waals surface area (Å²) in [6.07, 6.45) is 1.43. The predicted molar refractivity (Wildman–Crippen MR) is 40.8 cm³/mol. The normalized spacial score (nSPS) is 33.9. The third kappa shape index (κ3) is 2.13. The summed E-state index contributed by atoms with van der Waals surface area (Å²) in [5.41, 5.74) is -0.0967. The number of hydrogen-bond acceptors (Lipinski definition) is 3. The number of piperidine rings is 1. The van der Waals surface area contributed by atoms with Gasteiger partial charge in [-0.1, -0.05) is 0 Å². The van der Waals surface area contributed by atoms with E-state index in [1.54, 1.807) is 0 Å². The molecule has 3 nitrogen and oxygen atoms in total. The molecule has 2 atom stereocenters. The van der Waals surface area contributed by atoms with Gasteiger partial charge in [0.1, 0.15) is 0 Å². The highest BCUT2D eigenvalue weighted by Gasteiger charge is 2.28. The van der Waals surface area contributed by atoms with Crippen molar-refractivity contribution in [2.75, 3.05) is 6.54 Å². The van der Waals surface area contributed by atoms with Gasteiger partial charge in [0, 0.05) is 0 Å². The number of nitrogens with one attached hydrogen (secondary N) is 1. The van der Waals surface area contributed by atoms with Gasteiger partial charge in [0.15, 0.2) is 0 Å². The summed E-state index contributed by atoms with van der Waals surface area (Å²) in [6.45, 7) is 0.774. The molecular formula is C5H11BClNO2. The fourth-order valence-corrected chi connectivity index (χ4v) is 1.50. The molecule has 1 heterocycles. The molecule has 0 spiro atoms. The van der Waals surface area contributed by atoms with E-state index in [0.29, 0.717) is 6.42 Å². The molecule has 1 aliphatic rings. The first-order chi connectivity index (χ1) is 4.70. The van der Waals surface area contributed by atoms with E-state index in [0.717, 1.165) is 13.0 Å². The van der Waals surface area contributed by atoms with Gasteiger partial charge >= 0.3 is 7.12 Å². The molecule has 1 fully saturated rings. The van der Waals surface area contributed by atoms with Crippen LogP contribution in [-0.2, 0) is 0 Å². The molecule has 2 unspecified atom stereocenters. The maximum absolute atomic E-state index is 8.76. The summed E-state index contributed by atoms with van der Waals surface area (Å²) < 4.78 is 0. The molecule has 0 aliphatic carbocycles. The van der Waals surface area contributed by atoms with E-state index in [1.807, 2.05) is 0 Å². The van der Waals surface area contributed by atoms with Crippen LogP contribution in [0.2, 0.25) is 5.82 Å². The van der Waals surface area contributed by atoms with Crippen molar-refractivity contribution in [1.82, 2.24) is 5.32 Å². The Morgan fingerprint density at radius 3 is 2.60 bits per heavy atom. The molecule has 1 saturated heterocycles. The van der Waals surface area contributed by atoms with E-state index in [2.05, 4.69) is 5.32 Å². The molecule has 0 radical (unpaired) electrons. The first-order valence-electron chi connectivity index (χ1n) is 3.43. The molecule has 0 aromatic carbocycles. The molecule has 0 amide bonds. The SMILES string of the molecule is OB(O)C1CCNC(Cl)C1. The summed E-state index contributed by atoms with van der Waals surface area (Å²) >= 11 is 5.72. The van der Waals surface area contributed by atoms with Crippen molar-refractivity contribution in [3.63, 3.8) is 0 Å². The van der Waals surface area contributed by atoms with Crippen molar-refractivity contribution in [1.29, 1.82) is 0 Å². The van der Waals surface area contributed by atoms with E-state index in [1.165, 1.54) is 0 Å². The van der Waals surface area contributed by atoms with E-state index in [-0.39, 0.29) is 11.3 Å². The molecule has 0 aromatic heterocycles. The van der Waals surface area contributed by atoms with Gasteiger partial charge in [-0.3, -0.25) is 0 Å². The number of alkyl halides is 1. The zero-order chi connectivity index (χ0) is 7.56. The molecule has 0 saturated carbocycles. The Morgan fingerprint density at radius 1 is 1.50 bits per heavy atom. The topological polar surface area (TPSA) is 52.5 Å². The van der Waals surface area contributed by atoms with Crippen LogP contribution in [0.4, 0.5) is 0 Å². The zero-order valence-electron chi connectivity index (χ0n) is 5.63. The highest BCUT2D eigenvalue weighted by Crippen LogP contribution is 2.24. The van der Waals surface area contributed by atoms with Crippen molar-refractivity contribution < 1.29 is 10.0 Å². The van der Waals surface area contributed by atoms with Crippen molar-refractivity contribution >= 4 is 18.7 Å². The minimum Gasteiger partial charge on any atom is -0.427 e. The lowest BCUT2D eigenvalue weighted by Gasteiger charge is -2.25.